The summed E-state index contributed by atoms with van der Waals surface area (Å²) in [5.74, 6) is 1.57. The van der Waals surface area contributed by atoms with Gasteiger partial charge in [-0.25, -0.2) is 0 Å². The minimum Gasteiger partial charge on any atom is -0.493 e. The minimum absolute atomic E-state index is 0.0278. The molecule has 2 aromatic carbocycles. The van der Waals surface area contributed by atoms with Crippen LogP contribution >= 0.6 is 0 Å². The van der Waals surface area contributed by atoms with Gasteiger partial charge in [-0.2, -0.15) is 0 Å². The van der Waals surface area contributed by atoms with Crippen LogP contribution < -0.4 is 14.8 Å². The van der Waals surface area contributed by atoms with Crippen LogP contribution in [-0.2, 0) is 4.79 Å². The molecule has 0 atom stereocenters. The molecule has 4 heteroatoms. The van der Waals surface area contributed by atoms with Crippen LogP contribution in [0, 0.1) is 6.92 Å². The first-order valence-corrected chi connectivity index (χ1v) is 8.91. The Kier molecular flexibility index (Phi) is 7.83. The summed E-state index contributed by atoms with van der Waals surface area (Å²) in [5, 5.41) is 2.93. The molecule has 0 aliphatic rings. The molecule has 1 N–H and O–H groups in total. The molecule has 0 fully saturated rings. The number of unbranched alkanes of at least 4 members (excludes halogenated alkanes) is 1. The van der Waals surface area contributed by atoms with Gasteiger partial charge >= 0.3 is 0 Å². The highest BCUT2D eigenvalue weighted by molar-refractivity contribution is 5.92. The first-order valence-electron chi connectivity index (χ1n) is 8.91. The van der Waals surface area contributed by atoms with Crippen LogP contribution in [-0.4, -0.2) is 19.1 Å². The number of benzene rings is 2. The highest BCUT2D eigenvalue weighted by atomic mass is 16.5. The smallest absolute Gasteiger partial charge is 0.224 e. The lowest BCUT2D eigenvalue weighted by atomic mass is 10.2. The zero-order chi connectivity index (χ0) is 17.9. The van der Waals surface area contributed by atoms with E-state index >= 15 is 0 Å². The zero-order valence-corrected chi connectivity index (χ0v) is 15.1. The Bertz CT molecular complexity index is 670. The molecule has 0 aliphatic carbocycles. The standard InChI is InChI=1S/C21H27NO3/c1-3-4-15-25-20-13-8-6-11-18(20)22-21(23)14-9-16-24-19-12-7-5-10-17(19)2/h5-8,10-13H,3-4,9,14-16H2,1-2H3,(H,22,23). The Labute approximate surface area is 150 Å². The Morgan fingerprint density at radius 3 is 2.32 bits per heavy atom. The number of anilines is 1. The average molecular weight is 341 g/mol. The van der Waals surface area contributed by atoms with Crippen molar-refractivity contribution in [3.63, 3.8) is 0 Å². The number of carbonyl (C=O) groups excluding carboxylic acids is 1. The van der Waals surface area contributed by atoms with E-state index in [0.29, 0.717) is 26.1 Å². The average Bonchev–Trinajstić information content (AvgIpc) is 2.62. The van der Waals surface area contributed by atoms with Crippen molar-refractivity contribution >= 4 is 11.6 Å². The minimum atomic E-state index is -0.0278. The lowest BCUT2D eigenvalue weighted by Crippen LogP contribution is -2.14. The Balaban J connectivity index is 1.76. The van der Waals surface area contributed by atoms with Crippen LogP contribution in [0.1, 0.15) is 38.2 Å². The molecule has 0 aliphatic heterocycles. The molecule has 1 amide bonds. The summed E-state index contributed by atoms with van der Waals surface area (Å²) in [6.07, 6.45) is 3.15. The Morgan fingerprint density at radius 1 is 0.920 bits per heavy atom. The predicted octanol–water partition coefficient (Wildman–Crippen LogP) is 4.97. The third kappa shape index (κ3) is 6.49. The van der Waals surface area contributed by atoms with E-state index in [1.54, 1.807) is 0 Å². The second-order valence-electron chi connectivity index (χ2n) is 5.96. The molecule has 0 saturated heterocycles. The quantitative estimate of drug-likeness (QED) is 0.621. The molecule has 0 unspecified atom stereocenters. The van der Waals surface area contributed by atoms with Crippen molar-refractivity contribution in [2.75, 3.05) is 18.5 Å². The lowest BCUT2D eigenvalue weighted by Gasteiger charge is -2.12. The third-order valence-corrected chi connectivity index (χ3v) is 3.82. The summed E-state index contributed by atoms with van der Waals surface area (Å²) < 4.78 is 11.5. The summed E-state index contributed by atoms with van der Waals surface area (Å²) in [6.45, 7) is 5.31. The molecule has 0 radical (unpaired) electrons. The molecule has 2 rings (SSSR count). The van der Waals surface area contributed by atoms with E-state index in [-0.39, 0.29) is 5.91 Å². The maximum Gasteiger partial charge on any atom is 0.224 e. The lowest BCUT2D eigenvalue weighted by molar-refractivity contribution is -0.116. The van der Waals surface area contributed by atoms with Gasteiger partial charge in [0, 0.05) is 6.42 Å². The number of hydrogen-bond donors (Lipinski definition) is 1. The number of para-hydroxylation sites is 3. The Hall–Kier alpha value is -2.49. The number of hydrogen-bond acceptors (Lipinski definition) is 3. The predicted molar refractivity (Wildman–Crippen MR) is 101 cm³/mol. The van der Waals surface area contributed by atoms with Gasteiger partial charge in [-0.3, -0.25) is 4.79 Å². The molecule has 2 aromatic rings. The van der Waals surface area contributed by atoms with E-state index in [0.717, 1.165) is 35.6 Å². The van der Waals surface area contributed by atoms with Gasteiger partial charge in [0.05, 0.1) is 18.9 Å². The van der Waals surface area contributed by atoms with Gasteiger partial charge in [-0.1, -0.05) is 43.7 Å². The molecule has 0 spiro atoms. The van der Waals surface area contributed by atoms with Crippen LogP contribution in [0.4, 0.5) is 5.69 Å². The van der Waals surface area contributed by atoms with Crippen molar-refractivity contribution in [1.82, 2.24) is 0 Å². The summed E-state index contributed by atoms with van der Waals surface area (Å²) in [4.78, 5) is 12.2. The highest BCUT2D eigenvalue weighted by Crippen LogP contribution is 2.24. The van der Waals surface area contributed by atoms with Crippen LogP contribution in [0.25, 0.3) is 0 Å². The third-order valence-electron chi connectivity index (χ3n) is 3.82. The normalized spacial score (nSPS) is 10.3. The van der Waals surface area contributed by atoms with Crippen LogP contribution in [0.15, 0.2) is 48.5 Å². The maximum absolute atomic E-state index is 12.2. The molecule has 0 heterocycles. The fourth-order valence-electron chi connectivity index (χ4n) is 2.37. The van der Waals surface area contributed by atoms with Gasteiger partial charge in [-0.15, -0.1) is 0 Å². The number of amides is 1. The van der Waals surface area contributed by atoms with Gasteiger partial charge in [0.25, 0.3) is 0 Å². The number of carbonyl (C=O) groups is 1. The van der Waals surface area contributed by atoms with Crippen molar-refractivity contribution in [2.24, 2.45) is 0 Å². The number of nitrogens with one attached hydrogen (secondary N) is 1. The topological polar surface area (TPSA) is 47.6 Å². The van der Waals surface area contributed by atoms with Crippen molar-refractivity contribution in [3.05, 3.63) is 54.1 Å². The molecule has 25 heavy (non-hydrogen) atoms. The van der Waals surface area contributed by atoms with E-state index in [2.05, 4.69) is 12.2 Å². The maximum atomic E-state index is 12.2. The van der Waals surface area contributed by atoms with Crippen molar-refractivity contribution < 1.29 is 14.3 Å². The first-order chi connectivity index (χ1) is 12.2. The van der Waals surface area contributed by atoms with E-state index in [9.17, 15) is 4.79 Å². The van der Waals surface area contributed by atoms with Gasteiger partial charge in [0.2, 0.25) is 5.91 Å². The molecule has 0 saturated carbocycles. The second-order valence-corrected chi connectivity index (χ2v) is 5.96. The van der Waals surface area contributed by atoms with E-state index in [1.807, 2.05) is 55.5 Å². The SMILES string of the molecule is CCCCOc1ccccc1NC(=O)CCCOc1ccccc1C. The van der Waals surface area contributed by atoms with Gasteiger partial charge < -0.3 is 14.8 Å². The van der Waals surface area contributed by atoms with Crippen LogP contribution in [0.2, 0.25) is 0 Å². The van der Waals surface area contributed by atoms with Gasteiger partial charge in [0.15, 0.2) is 0 Å². The van der Waals surface area contributed by atoms with Gasteiger partial charge in [-0.05, 0) is 43.5 Å². The van der Waals surface area contributed by atoms with Crippen molar-refractivity contribution in [1.29, 1.82) is 0 Å². The molecular formula is C21H27NO3. The number of rotatable bonds is 10. The molecule has 0 aromatic heterocycles. The summed E-state index contributed by atoms with van der Waals surface area (Å²) in [6, 6.07) is 15.4. The molecular weight excluding hydrogens is 314 g/mol. The Morgan fingerprint density at radius 2 is 1.56 bits per heavy atom. The van der Waals surface area contributed by atoms with E-state index in [4.69, 9.17) is 9.47 Å². The number of aryl methyl sites for hydroxylation is 1. The van der Waals surface area contributed by atoms with Gasteiger partial charge in [0.1, 0.15) is 11.5 Å². The summed E-state index contributed by atoms with van der Waals surface area (Å²) in [7, 11) is 0. The monoisotopic (exact) mass is 341 g/mol. The fraction of sp³-hybridized carbons (Fsp3) is 0.381. The molecule has 0 bridgehead atoms. The fourth-order valence-corrected chi connectivity index (χ4v) is 2.37. The van der Waals surface area contributed by atoms with Crippen LogP contribution in [0.3, 0.4) is 0 Å². The van der Waals surface area contributed by atoms with Crippen LogP contribution in [0.5, 0.6) is 11.5 Å². The second kappa shape index (κ2) is 10.4. The molecule has 134 valence electrons. The first kappa shape index (κ1) is 18.8. The summed E-state index contributed by atoms with van der Waals surface area (Å²) in [5.41, 5.74) is 1.83. The largest absolute Gasteiger partial charge is 0.493 e. The number of ether oxygens (including phenoxy) is 2. The van der Waals surface area contributed by atoms with Crippen molar-refractivity contribution in [3.8, 4) is 11.5 Å². The highest BCUT2D eigenvalue weighted by Gasteiger charge is 2.08. The van der Waals surface area contributed by atoms with Crippen molar-refractivity contribution in [2.45, 2.75) is 39.5 Å². The molecule has 4 nitrogen and oxygen atoms in total. The summed E-state index contributed by atoms with van der Waals surface area (Å²) >= 11 is 0. The zero-order valence-electron chi connectivity index (χ0n) is 15.1. The van der Waals surface area contributed by atoms with E-state index < -0.39 is 0 Å². The van der Waals surface area contributed by atoms with E-state index in [1.165, 1.54) is 0 Å².